The molecule has 0 bridgehead atoms. The maximum absolute atomic E-state index is 14.4. The molecule has 1 aromatic heterocycles. The zero-order valence-electron chi connectivity index (χ0n) is 19.4. The predicted octanol–water partition coefficient (Wildman–Crippen LogP) is 4.17. The Hall–Kier alpha value is -3.00. The van der Waals surface area contributed by atoms with Crippen molar-refractivity contribution in [3.63, 3.8) is 0 Å². The predicted molar refractivity (Wildman–Crippen MR) is 134 cm³/mol. The van der Waals surface area contributed by atoms with Crippen molar-refractivity contribution in [2.45, 2.75) is 13.1 Å². The molecule has 0 radical (unpaired) electrons. The molecule has 3 aromatic rings. The Labute approximate surface area is 203 Å². The largest absolute Gasteiger partial charge is 0.494 e. The summed E-state index contributed by atoms with van der Waals surface area (Å²) >= 11 is 5.95. The molecule has 0 saturated carbocycles. The normalized spacial score (nSPS) is 15.2. The average Bonchev–Trinajstić information content (AvgIpc) is 2.84. The first kappa shape index (κ1) is 24.1. The second-order valence-electron chi connectivity index (χ2n) is 8.42. The molecule has 178 valence electrons. The second kappa shape index (κ2) is 11.0. The lowest BCUT2D eigenvalue weighted by Gasteiger charge is -2.32. The van der Waals surface area contributed by atoms with Crippen molar-refractivity contribution in [1.82, 2.24) is 19.6 Å². The van der Waals surface area contributed by atoms with Crippen LogP contribution in [0.3, 0.4) is 0 Å². The van der Waals surface area contributed by atoms with Gasteiger partial charge in [0.2, 0.25) is 0 Å². The van der Waals surface area contributed by atoms with E-state index in [9.17, 15) is 9.18 Å². The molecule has 1 aliphatic heterocycles. The number of hydrogen-bond donors (Lipinski definition) is 0. The van der Waals surface area contributed by atoms with Crippen LogP contribution in [0.2, 0.25) is 5.02 Å². The highest BCUT2D eigenvalue weighted by Gasteiger charge is 2.18. The van der Waals surface area contributed by atoms with Crippen molar-refractivity contribution < 1.29 is 9.13 Å². The lowest BCUT2D eigenvalue weighted by molar-refractivity contribution is 0.147. The molecule has 2 aromatic carbocycles. The smallest absolute Gasteiger partial charge is 0.271 e. The Morgan fingerprint density at radius 3 is 2.50 bits per heavy atom. The molecule has 0 atom stereocenters. The number of nitrogens with zero attached hydrogens (tertiary/aromatic N) is 4. The fourth-order valence-corrected chi connectivity index (χ4v) is 4.04. The van der Waals surface area contributed by atoms with E-state index in [0.717, 1.165) is 31.7 Å². The molecule has 2 heterocycles. The van der Waals surface area contributed by atoms with Crippen LogP contribution in [0, 0.1) is 5.82 Å². The third-order valence-electron chi connectivity index (χ3n) is 5.94. The van der Waals surface area contributed by atoms with Crippen LogP contribution in [0.5, 0.6) is 5.75 Å². The summed E-state index contributed by atoms with van der Waals surface area (Å²) in [5.41, 5.74) is 2.62. The number of ether oxygens (including phenoxy) is 1. The van der Waals surface area contributed by atoms with Crippen molar-refractivity contribution in [3.05, 3.63) is 86.9 Å². The number of rotatable bonds is 7. The van der Waals surface area contributed by atoms with Gasteiger partial charge in [0.25, 0.3) is 5.56 Å². The molecule has 1 aliphatic rings. The van der Waals surface area contributed by atoms with Gasteiger partial charge in [-0.05, 0) is 49.0 Å². The van der Waals surface area contributed by atoms with E-state index < -0.39 is 5.82 Å². The summed E-state index contributed by atoms with van der Waals surface area (Å²) in [6, 6.07) is 13.9. The van der Waals surface area contributed by atoms with Gasteiger partial charge in [-0.3, -0.25) is 9.69 Å². The Balaban J connectivity index is 1.65. The molecular formula is C26H28ClFN4O2. The van der Waals surface area contributed by atoms with E-state index in [1.165, 1.54) is 17.9 Å². The fraction of sp³-hybridized carbons (Fsp3) is 0.308. The van der Waals surface area contributed by atoms with E-state index in [1.807, 2.05) is 36.4 Å². The van der Waals surface area contributed by atoms with Gasteiger partial charge in [0.15, 0.2) is 11.6 Å². The number of hydrogen-bond acceptors (Lipinski definition) is 5. The van der Waals surface area contributed by atoms with Crippen LogP contribution in [0.4, 0.5) is 4.39 Å². The first-order chi connectivity index (χ1) is 16.4. The Morgan fingerprint density at radius 2 is 1.82 bits per heavy atom. The molecule has 8 heteroatoms. The fourth-order valence-electron chi connectivity index (χ4n) is 3.91. The second-order valence-corrected chi connectivity index (χ2v) is 8.86. The summed E-state index contributed by atoms with van der Waals surface area (Å²) in [6.45, 7) is 4.52. The lowest BCUT2D eigenvalue weighted by atomic mass is 10.1. The zero-order chi connectivity index (χ0) is 24.1. The molecule has 1 saturated heterocycles. The van der Waals surface area contributed by atoms with Gasteiger partial charge in [-0.1, -0.05) is 35.9 Å². The number of piperazine rings is 1. The molecule has 0 N–H and O–H groups in total. The van der Waals surface area contributed by atoms with Gasteiger partial charge in [0.05, 0.1) is 19.3 Å². The van der Waals surface area contributed by atoms with Crippen LogP contribution in [-0.2, 0) is 13.1 Å². The van der Waals surface area contributed by atoms with Crippen LogP contribution in [0.15, 0.2) is 59.4 Å². The first-order valence-corrected chi connectivity index (χ1v) is 11.6. The van der Waals surface area contributed by atoms with E-state index in [1.54, 1.807) is 18.2 Å². The van der Waals surface area contributed by atoms with Gasteiger partial charge >= 0.3 is 0 Å². The summed E-state index contributed by atoms with van der Waals surface area (Å²) in [5, 5.41) is 5.22. The maximum atomic E-state index is 14.4. The van der Waals surface area contributed by atoms with Crippen molar-refractivity contribution >= 4 is 17.7 Å². The summed E-state index contributed by atoms with van der Waals surface area (Å²) in [4.78, 5) is 17.8. The molecular weight excluding hydrogens is 455 g/mol. The minimum atomic E-state index is -0.470. The third kappa shape index (κ3) is 5.91. The molecule has 0 spiro atoms. The monoisotopic (exact) mass is 482 g/mol. The quantitative estimate of drug-likeness (QED) is 0.506. The van der Waals surface area contributed by atoms with Crippen molar-refractivity contribution in [1.29, 1.82) is 0 Å². The Morgan fingerprint density at radius 1 is 1.09 bits per heavy atom. The van der Waals surface area contributed by atoms with Gasteiger partial charge in [-0.15, -0.1) is 0 Å². The van der Waals surface area contributed by atoms with Gasteiger partial charge in [-0.2, -0.15) is 5.10 Å². The van der Waals surface area contributed by atoms with Gasteiger partial charge < -0.3 is 9.64 Å². The molecule has 0 amide bonds. The highest BCUT2D eigenvalue weighted by molar-refractivity contribution is 6.30. The lowest BCUT2D eigenvalue weighted by Crippen LogP contribution is -2.44. The number of benzene rings is 2. The molecule has 6 nitrogen and oxygen atoms in total. The number of halogens is 2. The summed E-state index contributed by atoms with van der Waals surface area (Å²) in [6.07, 6.45) is 3.81. The highest BCUT2D eigenvalue weighted by Crippen LogP contribution is 2.24. The molecule has 4 rings (SSSR count). The molecule has 1 fully saturated rings. The highest BCUT2D eigenvalue weighted by atomic mass is 35.5. The van der Waals surface area contributed by atoms with Crippen LogP contribution in [0.1, 0.15) is 11.1 Å². The van der Waals surface area contributed by atoms with Crippen molar-refractivity contribution in [2.24, 2.45) is 0 Å². The van der Waals surface area contributed by atoms with Crippen LogP contribution in [0.25, 0.3) is 17.3 Å². The van der Waals surface area contributed by atoms with Crippen molar-refractivity contribution in [2.75, 3.05) is 40.3 Å². The Bertz CT molecular complexity index is 1220. The summed E-state index contributed by atoms with van der Waals surface area (Å²) in [5.74, 6) is -0.302. The standard InChI is InChI=1S/C26H28ClFN4O2/c1-30-12-14-31(15-13-30)18-21-17-24(20-7-10-25(34-2)23(28)16-20)29-32(26(21)33)11-3-4-19-5-8-22(27)9-6-19/h3-10,16-17H,11-15,18H2,1-2H3/b4-3+. The van der Waals surface area contributed by atoms with E-state index >= 15 is 0 Å². The molecule has 34 heavy (non-hydrogen) atoms. The SMILES string of the molecule is COc1ccc(-c2cc(CN3CCN(C)CC3)c(=O)n(C/C=C/c3ccc(Cl)cc3)n2)cc1F. The van der Waals surface area contributed by atoms with E-state index in [4.69, 9.17) is 16.3 Å². The molecule has 0 unspecified atom stereocenters. The third-order valence-corrected chi connectivity index (χ3v) is 6.20. The average molecular weight is 483 g/mol. The molecule has 0 aliphatic carbocycles. The number of likely N-dealkylation sites (N-methyl/N-ethyl adjacent to an activating group) is 1. The van der Waals surface area contributed by atoms with Gasteiger partial charge in [0, 0.05) is 48.9 Å². The van der Waals surface area contributed by atoms with Gasteiger partial charge in [0.1, 0.15) is 0 Å². The van der Waals surface area contributed by atoms with Gasteiger partial charge in [-0.25, -0.2) is 9.07 Å². The van der Waals surface area contributed by atoms with Crippen LogP contribution >= 0.6 is 11.6 Å². The Kier molecular flexibility index (Phi) is 7.77. The number of allylic oxidation sites excluding steroid dienone is 1. The maximum Gasteiger partial charge on any atom is 0.271 e. The van der Waals surface area contributed by atoms with Crippen LogP contribution in [-0.4, -0.2) is 59.9 Å². The zero-order valence-corrected chi connectivity index (χ0v) is 20.1. The number of methoxy groups -OCH3 is 1. The van der Waals surface area contributed by atoms with E-state index in [-0.39, 0.29) is 11.3 Å². The van der Waals surface area contributed by atoms with Crippen LogP contribution < -0.4 is 10.3 Å². The first-order valence-electron chi connectivity index (χ1n) is 11.2. The summed E-state index contributed by atoms with van der Waals surface area (Å²) in [7, 11) is 3.53. The topological polar surface area (TPSA) is 50.6 Å². The van der Waals surface area contributed by atoms with Crippen molar-refractivity contribution in [3.8, 4) is 17.0 Å². The minimum absolute atomic E-state index is 0.141. The summed E-state index contributed by atoms with van der Waals surface area (Å²) < 4.78 is 20.9. The van der Waals surface area contributed by atoms with E-state index in [2.05, 4.69) is 21.9 Å². The number of aromatic nitrogens is 2. The minimum Gasteiger partial charge on any atom is -0.494 e. The van der Waals surface area contributed by atoms with E-state index in [0.29, 0.717) is 34.9 Å².